The maximum atomic E-state index is 3.52. The predicted molar refractivity (Wildman–Crippen MR) is 109 cm³/mol. The van der Waals surface area contributed by atoms with Gasteiger partial charge in [-0.15, -0.1) is 11.3 Å². The van der Waals surface area contributed by atoms with Crippen molar-refractivity contribution in [1.29, 1.82) is 0 Å². The van der Waals surface area contributed by atoms with E-state index in [1.807, 2.05) is 11.3 Å². The van der Waals surface area contributed by atoms with Gasteiger partial charge in [0.05, 0.1) is 6.04 Å². The van der Waals surface area contributed by atoms with Crippen LogP contribution >= 0.6 is 11.3 Å². The van der Waals surface area contributed by atoms with E-state index in [1.165, 1.54) is 57.0 Å². The number of hydrogen-bond acceptors (Lipinski definition) is 2. The molecule has 1 nitrogen and oxygen atoms in total. The zero-order chi connectivity index (χ0) is 16.8. The lowest BCUT2D eigenvalue weighted by molar-refractivity contribution is 0.730. The van der Waals surface area contributed by atoms with Crippen LogP contribution in [0.4, 0.5) is 0 Å². The molecule has 0 radical (unpaired) electrons. The summed E-state index contributed by atoms with van der Waals surface area (Å²) in [5.74, 6) is 0.761. The summed E-state index contributed by atoms with van der Waals surface area (Å²) in [6, 6.07) is 11.9. The van der Waals surface area contributed by atoms with Crippen molar-refractivity contribution in [2.75, 3.05) is 0 Å². The first-order valence-corrected chi connectivity index (χ1v) is 10.2. The van der Waals surface area contributed by atoms with Crippen molar-refractivity contribution in [2.24, 2.45) is 0 Å². The molecule has 2 aliphatic rings. The largest absolute Gasteiger partial charge is 0.381 e. The monoisotopic (exact) mass is 345 g/mol. The van der Waals surface area contributed by atoms with E-state index in [1.54, 1.807) is 5.56 Å². The lowest BCUT2D eigenvalue weighted by Gasteiger charge is -2.19. The smallest absolute Gasteiger partial charge is 0.0712 e. The molecule has 25 heavy (non-hydrogen) atoms. The molecule has 1 fully saturated rings. The number of hydrogen-bond donors (Lipinski definition) is 1. The normalized spacial score (nSPS) is 20.6. The third-order valence-electron chi connectivity index (χ3n) is 5.85. The summed E-state index contributed by atoms with van der Waals surface area (Å²) in [5, 5.41) is 6.39. The molecule has 1 unspecified atom stereocenters. The van der Waals surface area contributed by atoms with E-state index < -0.39 is 0 Å². The first-order valence-electron chi connectivity index (χ1n) is 9.37. The van der Waals surface area contributed by atoms with Gasteiger partial charge in [-0.05, 0) is 54.6 Å². The van der Waals surface area contributed by atoms with Gasteiger partial charge in [0, 0.05) is 20.2 Å². The Hall–Kier alpha value is -2.06. The van der Waals surface area contributed by atoms with Crippen LogP contribution in [0.3, 0.4) is 0 Å². The fourth-order valence-corrected chi connectivity index (χ4v) is 6.10. The maximum absolute atomic E-state index is 3.52. The molecule has 2 heterocycles. The van der Waals surface area contributed by atoms with E-state index in [9.17, 15) is 0 Å². The standard InChI is InChI=1S/C23H23NS/c1-15-12-13-19-18-10-6-9-17(16-7-2-3-8-16)22(18)25-23(19)21(15)20-11-4-5-14-24-20/h4-6,9-14,16,20,24H,2-3,7-8H2,1H3. The molecule has 1 aromatic heterocycles. The van der Waals surface area contributed by atoms with Gasteiger partial charge in [-0.2, -0.15) is 0 Å². The van der Waals surface area contributed by atoms with Gasteiger partial charge in [0.15, 0.2) is 0 Å². The van der Waals surface area contributed by atoms with Crippen LogP contribution < -0.4 is 5.32 Å². The summed E-state index contributed by atoms with van der Waals surface area (Å²) in [7, 11) is 0. The van der Waals surface area contributed by atoms with Crippen molar-refractivity contribution in [3.05, 3.63) is 71.5 Å². The fraction of sp³-hybridized carbons (Fsp3) is 0.304. The van der Waals surface area contributed by atoms with Gasteiger partial charge in [-0.3, -0.25) is 0 Å². The first kappa shape index (κ1) is 15.2. The number of thiophene rings is 1. The number of benzene rings is 2. The molecular formula is C23H23NS. The number of fused-ring (bicyclic) bond motifs is 3. The highest BCUT2D eigenvalue weighted by Gasteiger charge is 2.22. The van der Waals surface area contributed by atoms with Gasteiger partial charge in [0.25, 0.3) is 0 Å². The molecule has 0 spiro atoms. The third kappa shape index (κ3) is 2.43. The quantitative estimate of drug-likeness (QED) is 0.542. The lowest BCUT2D eigenvalue weighted by atomic mass is 9.94. The summed E-state index contributed by atoms with van der Waals surface area (Å²) in [5.41, 5.74) is 4.41. The van der Waals surface area contributed by atoms with Crippen molar-refractivity contribution in [3.8, 4) is 0 Å². The van der Waals surface area contributed by atoms with Crippen molar-refractivity contribution >= 4 is 31.5 Å². The van der Waals surface area contributed by atoms with Crippen molar-refractivity contribution in [1.82, 2.24) is 5.32 Å². The molecule has 2 aromatic carbocycles. The average Bonchev–Trinajstić information content (AvgIpc) is 3.29. The Balaban J connectivity index is 1.77. The summed E-state index contributed by atoms with van der Waals surface area (Å²) < 4.78 is 2.98. The second kappa shape index (κ2) is 6.03. The highest BCUT2D eigenvalue weighted by molar-refractivity contribution is 7.26. The Bertz CT molecular complexity index is 1000. The Kier molecular flexibility index (Phi) is 3.67. The molecule has 1 saturated carbocycles. The van der Waals surface area contributed by atoms with Crippen molar-refractivity contribution < 1.29 is 0 Å². The minimum atomic E-state index is 0.275. The summed E-state index contributed by atoms with van der Waals surface area (Å²) >= 11 is 2.01. The van der Waals surface area contributed by atoms with Crippen LogP contribution in [0.25, 0.3) is 20.2 Å². The van der Waals surface area contributed by atoms with E-state index in [4.69, 9.17) is 0 Å². The Morgan fingerprint density at radius 2 is 1.80 bits per heavy atom. The Morgan fingerprint density at radius 1 is 0.960 bits per heavy atom. The molecular weight excluding hydrogens is 322 g/mol. The van der Waals surface area contributed by atoms with Gasteiger partial charge >= 0.3 is 0 Å². The number of allylic oxidation sites excluding steroid dienone is 2. The van der Waals surface area contributed by atoms with Gasteiger partial charge in [0.2, 0.25) is 0 Å². The van der Waals surface area contributed by atoms with Gasteiger partial charge in [-0.25, -0.2) is 0 Å². The molecule has 126 valence electrons. The van der Waals surface area contributed by atoms with E-state index in [0.29, 0.717) is 0 Å². The molecule has 1 aliphatic heterocycles. The molecule has 2 heteroatoms. The highest BCUT2D eigenvalue weighted by Crippen LogP contribution is 2.45. The maximum Gasteiger partial charge on any atom is 0.0712 e. The molecule has 1 N–H and O–H groups in total. The summed E-state index contributed by atoms with van der Waals surface area (Å²) in [6.45, 7) is 2.24. The van der Waals surface area contributed by atoms with E-state index in [2.05, 4.69) is 67.0 Å². The number of nitrogens with one attached hydrogen (secondary N) is 1. The van der Waals surface area contributed by atoms with E-state index in [-0.39, 0.29) is 6.04 Å². The van der Waals surface area contributed by atoms with Crippen LogP contribution in [0.1, 0.15) is 54.3 Å². The number of dihydropyridines is 1. The SMILES string of the molecule is Cc1ccc2c(sc3c(C4CCCC4)cccc32)c1C1C=CC=CN1. The zero-order valence-electron chi connectivity index (χ0n) is 14.6. The molecule has 3 aromatic rings. The molecule has 0 bridgehead atoms. The molecule has 0 amide bonds. The topological polar surface area (TPSA) is 12.0 Å². The Morgan fingerprint density at radius 3 is 2.60 bits per heavy atom. The second-order valence-corrected chi connectivity index (χ2v) is 8.39. The molecule has 1 aliphatic carbocycles. The van der Waals surface area contributed by atoms with E-state index in [0.717, 1.165) is 5.92 Å². The number of aryl methyl sites for hydroxylation is 1. The molecule has 1 atom stereocenters. The van der Waals surface area contributed by atoms with Gasteiger partial charge < -0.3 is 5.32 Å². The van der Waals surface area contributed by atoms with E-state index >= 15 is 0 Å². The lowest BCUT2D eigenvalue weighted by Crippen LogP contribution is -2.16. The van der Waals surface area contributed by atoms with Gasteiger partial charge in [-0.1, -0.05) is 55.3 Å². The molecule has 0 saturated heterocycles. The van der Waals surface area contributed by atoms with Crippen LogP contribution in [0.5, 0.6) is 0 Å². The van der Waals surface area contributed by atoms with Crippen LogP contribution in [0.2, 0.25) is 0 Å². The first-order chi connectivity index (χ1) is 12.3. The zero-order valence-corrected chi connectivity index (χ0v) is 15.4. The number of rotatable bonds is 2. The average molecular weight is 346 g/mol. The Labute approximate surface area is 153 Å². The minimum Gasteiger partial charge on any atom is -0.381 e. The summed E-state index contributed by atoms with van der Waals surface area (Å²) in [4.78, 5) is 0. The molecule has 5 rings (SSSR count). The van der Waals surface area contributed by atoms with Crippen LogP contribution in [-0.2, 0) is 0 Å². The third-order valence-corrected chi connectivity index (χ3v) is 7.15. The minimum absolute atomic E-state index is 0.275. The summed E-state index contributed by atoms with van der Waals surface area (Å²) in [6.07, 6.45) is 14.0. The van der Waals surface area contributed by atoms with Crippen LogP contribution in [0, 0.1) is 6.92 Å². The highest BCUT2D eigenvalue weighted by atomic mass is 32.1. The van der Waals surface area contributed by atoms with Crippen molar-refractivity contribution in [3.63, 3.8) is 0 Å². The van der Waals surface area contributed by atoms with Gasteiger partial charge in [0.1, 0.15) is 0 Å². The predicted octanol–water partition coefficient (Wildman–Crippen LogP) is 6.73. The van der Waals surface area contributed by atoms with Crippen LogP contribution in [0.15, 0.2) is 54.8 Å². The van der Waals surface area contributed by atoms with Crippen LogP contribution in [-0.4, -0.2) is 0 Å². The van der Waals surface area contributed by atoms with Crippen molar-refractivity contribution in [2.45, 2.75) is 44.6 Å². The fourth-order valence-electron chi connectivity index (χ4n) is 4.57. The second-order valence-electron chi connectivity index (χ2n) is 7.37.